The maximum Gasteiger partial charge on any atom is 0.315 e. The third-order valence-corrected chi connectivity index (χ3v) is 4.97. The number of hydrogen-bond donors (Lipinski definition) is 2. The monoisotopic (exact) mass is 279 g/mol. The van der Waals surface area contributed by atoms with E-state index in [-0.39, 0.29) is 18.1 Å². The second-order valence-electron chi connectivity index (χ2n) is 5.85. The Hall–Kier alpha value is -1.10. The van der Waals surface area contributed by atoms with E-state index >= 15 is 0 Å². The van der Waals surface area contributed by atoms with Crippen LogP contribution in [0, 0.1) is 5.92 Å². The van der Waals surface area contributed by atoms with E-state index in [1.165, 1.54) is 30.7 Å². The van der Waals surface area contributed by atoms with Gasteiger partial charge in [0.2, 0.25) is 0 Å². The van der Waals surface area contributed by atoms with Gasteiger partial charge >= 0.3 is 6.03 Å². The van der Waals surface area contributed by atoms with E-state index in [2.05, 4.69) is 27.9 Å². The third-order valence-electron chi connectivity index (χ3n) is 3.95. The van der Waals surface area contributed by atoms with Crippen LogP contribution in [0.3, 0.4) is 0 Å². The van der Waals surface area contributed by atoms with Crippen molar-refractivity contribution in [2.45, 2.75) is 57.5 Å². The molecule has 19 heavy (non-hydrogen) atoms. The smallest absolute Gasteiger partial charge is 0.315 e. The maximum atomic E-state index is 11.9. The molecular formula is C14H21N3OS. The standard InChI is InChI=1S/C14H21N3OS/c1-8(10-3-4-10)15-14(18)16-9(2)12-7-19-13(17-12)11-5-6-11/h7-11H,3-6H2,1-2H3,(H2,15,16,18)/t8-,9-/m1/s1. The van der Waals surface area contributed by atoms with Crippen molar-refractivity contribution >= 4 is 17.4 Å². The Kier molecular flexibility index (Phi) is 3.48. The quantitative estimate of drug-likeness (QED) is 0.869. The predicted molar refractivity (Wildman–Crippen MR) is 76.4 cm³/mol. The van der Waals surface area contributed by atoms with Crippen LogP contribution in [-0.4, -0.2) is 17.1 Å². The zero-order valence-electron chi connectivity index (χ0n) is 11.5. The Morgan fingerprint density at radius 1 is 1.32 bits per heavy atom. The van der Waals surface area contributed by atoms with Crippen LogP contribution < -0.4 is 10.6 Å². The molecule has 3 rings (SSSR count). The molecule has 4 nitrogen and oxygen atoms in total. The molecule has 1 heterocycles. The summed E-state index contributed by atoms with van der Waals surface area (Å²) in [7, 11) is 0. The fourth-order valence-corrected chi connectivity index (χ4v) is 3.34. The maximum absolute atomic E-state index is 11.9. The molecule has 0 spiro atoms. The molecule has 2 fully saturated rings. The van der Waals surface area contributed by atoms with Crippen LogP contribution in [0.15, 0.2) is 5.38 Å². The minimum atomic E-state index is -0.0760. The van der Waals surface area contributed by atoms with Crippen molar-refractivity contribution < 1.29 is 4.79 Å². The first-order valence-electron chi connectivity index (χ1n) is 7.16. The molecule has 5 heteroatoms. The number of carbonyl (C=O) groups is 1. The number of nitrogens with zero attached hydrogens (tertiary/aromatic N) is 1. The zero-order chi connectivity index (χ0) is 13.4. The van der Waals surface area contributed by atoms with Gasteiger partial charge in [0.05, 0.1) is 16.7 Å². The van der Waals surface area contributed by atoms with Gasteiger partial charge in [-0.3, -0.25) is 0 Å². The molecule has 2 atom stereocenters. The van der Waals surface area contributed by atoms with Crippen molar-refractivity contribution in [2.24, 2.45) is 5.92 Å². The Morgan fingerprint density at radius 3 is 2.68 bits per heavy atom. The predicted octanol–water partition coefficient (Wildman–Crippen LogP) is 3.18. The molecule has 0 aliphatic heterocycles. The van der Waals surface area contributed by atoms with E-state index in [9.17, 15) is 4.79 Å². The Morgan fingerprint density at radius 2 is 2.05 bits per heavy atom. The topological polar surface area (TPSA) is 54.0 Å². The summed E-state index contributed by atoms with van der Waals surface area (Å²) in [4.78, 5) is 16.5. The van der Waals surface area contributed by atoms with Crippen LogP contribution in [0.1, 0.15) is 62.2 Å². The van der Waals surface area contributed by atoms with Gasteiger partial charge < -0.3 is 10.6 Å². The van der Waals surface area contributed by atoms with Gasteiger partial charge in [0, 0.05) is 17.3 Å². The van der Waals surface area contributed by atoms with Gasteiger partial charge in [0.1, 0.15) is 0 Å². The van der Waals surface area contributed by atoms with Crippen molar-refractivity contribution in [2.75, 3.05) is 0 Å². The highest BCUT2D eigenvalue weighted by atomic mass is 32.1. The first-order chi connectivity index (χ1) is 9.13. The first kappa shape index (κ1) is 12.9. The van der Waals surface area contributed by atoms with Gasteiger partial charge in [-0.25, -0.2) is 9.78 Å². The molecule has 2 aliphatic carbocycles. The third kappa shape index (κ3) is 3.26. The molecule has 2 saturated carbocycles. The Balaban J connectivity index is 1.51. The fourth-order valence-electron chi connectivity index (χ4n) is 2.25. The lowest BCUT2D eigenvalue weighted by Crippen LogP contribution is -2.42. The number of nitrogens with one attached hydrogen (secondary N) is 2. The van der Waals surface area contributed by atoms with Crippen LogP contribution >= 0.6 is 11.3 Å². The lowest BCUT2D eigenvalue weighted by atomic mass is 10.2. The van der Waals surface area contributed by atoms with Crippen molar-refractivity contribution in [3.63, 3.8) is 0 Å². The van der Waals surface area contributed by atoms with E-state index < -0.39 is 0 Å². The summed E-state index contributed by atoms with van der Waals surface area (Å²) in [5, 5.41) is 9.29. The minimum Gasteiger partial charge on any atom is -0.335 e. The summed E-state index contributed by atoms with van der Waals surface area (Å²) < 4.78 is 0. The summed E-state index contributed by atoms with van der Waals surface area (Å²) >= 11 is 1.72. The molecule has 0 radical (unpaired) electrons. The molecule has 2 amide bonds. The minimum absolute atomic E-state index is 0.0184. The second kappa shape index (κ2) is 5.12. The van der Waals surface area contributed by atoms with Crippen molar-refractivity contribution in [1.82, 2.24) is 15.6 Å². The molecule has 104 valence electrons. The van der Waals surface area contributed by atoms with Crippen molar-refractivity contribution in [3.05, 3.63) is 16.1 Å². The van der Waals surface area contributed by atoms with Crippen LogP contribution in [-0.2, 0) is 0 Å². The van der Waals surface area contributed by atoms with Crippen molar-refractivity contribution in [1.29, 1.82) is 0 Å². The normalized spacial score (nSPS) is 21.8. The number of thiazole rings is 1. The Bertz CT molecular complexity index is 465. The molecule has 0 unspecified atom stereocenters. The van der Waals surface area contributed by atoms with Gasteiger partial charge in [-0.2, -0.15) is 0 Å². The summed E-state index contributed by atoms with van der Waals surface area (Å²) in [5.74, 6) is 1.37. The fraction of sp³-hybridized carbons (Fsp3) is 0.714. The number of carbonyl (C=O) groups excluding carboxylic acids is 1. The molecule has 1 aromatic heterocycles. The van der Waals surface area contributed by atoms with Crippen LogP contribution in [0.2, 0.25) is 0 Å². The second-order valence-corrected chi connectivity index (χ2v) is 6.74. The highest BCUT2D eigenvalue weighted by Gasteiger charge is 2.30. The van der Waals surface area contributed by atoms with E-state index in [0.29, 0.717) is 11.8 Å². The molecule has 0 bridgehead atoms. The lowest BCUT2D eigenvalue weighted by Gasteiger charge is -2.16. The largest absolute Gasteiger partial charge is 0.335 e. The lowest BCUT2D eigenvalue weighted by molar-refractivity contribution is 0.233. The van der Waals surface area contributed by atoms with E-state index in [0.717, 1.165) is 5.69 Å². The van der Waals surface area contributed by atoms with Gasteiger partial charge in [-0.05, 0) is 45.4 Å². The zero-order valence-corrected chi connectivity index (χ0v) is 12.3. The average molecular weight is 279 g/mol. The number of aromatic nitrogens is 1. The van der Waals surface area contributed by atoms with Crippen LogP contribution in [0.4, 0.5) is 4.79 Å². The molecule has 0 aromatic carbocycles. The number of hydrogen-bond acceptors (Lipinski definition) is 3. The molecule has 2 N–H and O–H groups in total. The average Bonchev–Trinajstić information content (AvgIpc) is 3.26. The van der Waals surface area contributed by atoms with Gasteiger partial charge in [-0.1, -0.05) is 0 Å². The van der Waals surface area contributed by atoms with Gasteiger partial charge in [0.15, 0.2) is 0 Å². The Labute approximate surface area is 118 Å². The van der Waals surface area contributed by atoms with E-state index in [1.54, 1.807) is 11.3 Å². The van der Waals surface area contributed by atoms with Gasteiger partial charge in [-0.15, -0.1) is 11.3 Å². The summed E-state index contributed by atoms with van der Waals surface area (Å²) in [5.41, 5.74) is 0.987. The molecule has 1 aromatic rings. The molecule has 0 saturated heterocycles. The SMILES string of the molecule is C[C@@H](NC(=O)N[C@H](C)C1CC1)c1csc(C2CC2)n1. The summed E-state index contributed by atoms with van der Waals surface area (Å²) in [6.07, 6.45) is 5.03. The highest BCUT2D eigenvalue weighted by Crippen LogP contribution is 2.41. The van der Waals surface area contributed by atoms with E-state index in [4.69, 9.17) is 0 Å². The summed E-state index contributed by atoms with van der Waals surface area (Å²) in [6.45, 7) is 4.07. The van der Waals surface area contributed by atoms with Crippen LogP contribution in [0.5, 0.6) is 0 Å². The first-order valence-corrected chi connectivity index (χ1v) is 8.04. The number of urea groups is 1. The highest BCUT2D eigenvalue weighted by molar-refractivity contribution is 7.09. The number of amides is 2. The van der Waals surface area contributed by atoms with Crippen molar-refractivity contribution in [3.8, 4) is 0 Å². The summed E-state index contributed by atoms with van der Waals surface area (Å²) in [6, 6.07) is 0.188. The molecule has 2 aliphatic rings. The van der Waals surface area contributed by atoms with E-state index in [1.807, 2.05) is 6.92 Å². The van der Waals surface area contributed by atoms with Gasteiger partial charge in [0.25, 0.3) is 0 Å². The number of rotatable bonds is 5. The molecular weight excluding hydrogens is 258 g/mol. The van der Waals surface area contributed by atoms with Crippen LogP contribution in [0.25, 0.3) is 0 Å².